The number of piperidine rings is 1. The molecule has 3 rings (SSSR count). The lowest BCUT2D eigenvalue weighted by atomic mass is 9.80. The van der Waals surface area contributed by atoms with Crippen LogP contribution in [-0.2, 0) is 5.60 Å². The first-order valence-corrected chi connectivity index (χ1v) is 7.61. The van der Waals surface area contributed by atoms with E-state index in [2.05, 4.69) is 34.3 Å². The summed E-state index contributed by atoms with van der Waals surface area (Å²) in [6.45, 7) is 6.00. The maximum atomic E-state index is 11.3. The molecule has 6 heteroatoms. The number of piperazine rings is 1. The van der Waals surface area contributed by atoms with Gasteiger partial charge < -0.3 is 15.3 Å². The van der Waals surface area contributed by atoms with Crippen molar-refractivity contribution in [2.24, 2.45) is 0 Å². The van der Waals surface area contributed by atoms with Crippen molar-refractivity contribution in [1.29, 1.82) is 0 Å². The average Bonchev–Trinajstić information content (AvgIpc) is 2.50. The van der Waals surface area contributed by atoms with Crippen molar-refractivity contribution >= 4 is 24.8 Å². The van der Waals surface area contributed by atoms with Gasteiger partial charge in [-0.1, -0.05) is 30.3 Å². The van der Waals surface area contributed by atoms with E-state index in [-0.39, 0.29) is 30.9 Å². The lowest BCUT2D eigenvalue weighted by molar-refractivity contribution is -0.0811. The smallest absolute Gasteiger partial charge is 0.107 e. The van der Waals surface area contributed by atoms with Crippen molar-refractivity contribution in [3.63, 3.8) is 0 Å². The largest absolute Gasteiger partial charge is 0.383 e. The molecule has 2 aliphatic heterocycles. The SMILES string of the molecule is CN1CCN([C@@H]2CNCC[C@]2(O)c2ccccc2)CC1.Cl.Cl. The van der Waals surface area contributed by atoms with Gasteiger partial charge in [0.05, 0.1) is 6.04 Å². The first-order chi connectivity index (χ1) is 9.70. The van der Waals surface area contributed by atoms with Crippen molar-refractivity contribution in [1.82, 2.24) is 15.1 Å². The Balaban J connectivity index is 0.00000121. The molecule has 2 atom stereocenters. The van der Waals surface area contributed by atoms with E-state index in [0.717, 1.165) is 51.3 Å². The summed E-state index contributed by atoms with van der Waals surface area (Å²) < 4.78 is 0. The van der Waals surface area contributed by atoms with Gasteiger partial charge in [0, 0.05) is 32.7 Å². The molecule has 2 N–H and O–H groups in total. The number of likely N-dealkylation sites (N-methyl/N-ethyl adjacent to an activating group) is 1. The Hall–Kier alpha value is -0.360. The average molecular weight is 348 g/mol. The molecule has 2 aliphatic rings. The summed E-state index contributed by atoms with van der Waals surface area (Å²) in [7, 11) is 2.17. The van der Waals surface area contributed by atoms with Crippen LogP contribution in [0.4, 0.5) is 0 Å². The Morgan fingerprint density at radius 1 is 1.09 bits per heavy atom. The van der Waals surface area contributed by atoms with Crippen LogP contribution in [0.25, 0.3) is 0 Å². The minimum atomic E-state index is -0.720. The van der Waals surface area contributed by atoms with Crippen LogP contribution in [0.3, 0.4) is 0 Å². The molecular weight excluding hydrogens is 321 g/mol. The molecule has 0 saturated carbocycles. The molecule has 22 heavy (non-hydrogen) atoms. The Morgan fingerprint density at radius 3 is 2.36 bits per heavy atom. The minimum absolute atomic E-state index is 0. The van der Waals surface area contributed by atoms with Gasteiger partial charge in [0.15, 0.2) is 0 Å². The number of halogens is 2. The summed E-state index contributed by atoms with van der Waals surface area (Å²) in [4.78, 5) is 4.81. The van der Waals surface area contributed by atoms with Gasteiger partial charge in [-0.05, 0) is 25.6 Å². The standard InChI is InChI=1S/C16H25N3O.2ClH/c1-18-9-11-19(12-10-18)15-13-17-8-7-16(15,20)14-5-3-2-4-6-14;;/h2-6,15,17,20H,7-13H2,1H3;2*1H/t15-,16+;;/m1../s1. The molecule has 2 fully saturated rings. The molecule has 2 heterocycles. The highest BCUT2D eigenvalue weighted by molar-refractivity contribution is 5.85. The van der Waals surface area contributed by atoms with E-state index in [1.54, 1.807) is 0 Å². The van der Waals surface area contributed by atoms with Crippen molar-refractivity contribution in [3.05, 3.63) is 35.9 Å². The van der Waals surface area contributed by atoms with Gasteiger partial charge in [-0.3, -0.25) is 4.90 Å². The first kappa shape index (κ1) is 19.7. The summed E-state index contributed by atoms with van der Waals surface area (Å²) in [5.74, 6) is 0. The Labute approximate surface area is 145 Å². The van der Waals surface area contributed by atoms with E-state index in [1.807, 2.05) is 18.2 Å². The number of benzene rings is 1. The van der Waals surface area contributed by atoms with E-state index in [0.29, 0.717) is 0 Å². The van der Waals surface area contributed by atoms with Crippen LogP contribution in [0, 0.1) is 0 Å². The number of rotatable bonds is 2. The van der Waals surface area contributed by atoms with Crippen LogP contribution in [0.5, 0.6) is 0 Å². The van der Waals surface area contributed by atoms with Crippen LogP contribution in [-0.4, -0.2) is 67.3 Å². The summed E-state index contributed by atoms with van der Waals surface area (Å²) in [6, 6.07) is 10.4. The topological polar surface area (TPSA) is 38.7 Å². The predicted octanol–water partition coefficient (Wildman–Crippen LogP) is 1.33. The molecule has 4 nitrogen and oxygen atoms in total. The fourth-order valence-corrected chi connectivity index (χ4v) is 3.48. The second-order valence-corrected chi connectivity index (χ2v) is 6.10. The number of nitrogens with one attached hydrogen (secondary N) is 1. The lowest BCUT2D eigenvalue weighted by Gasteiger charge is -2.48. The highest BCUT2D eigenvalue weighted by atomic mass is 35.5. The van der Waals surface area contributed by atoms with Gasteiger partial charge in [0.1, 0.15) is 5.60 Å². The van der Waals surface area contributed by atoms with Crippen LogP contribution in [0.15, 0.2) is 30.3 Å². The highest BCUT2D eigenvalue weighted by Crippen LogP contribution is 2.34. The fourth-order valence-electron chi connectivity index (χ4n) is 3.48. The molecular formula is C16H27Cl2N3O. The van der Waals surface area contributed by atoms with Crippen molar-refractivity contribution in [3.8, 4) is 0 Å². The number of aliphatic hydroxyl groups is 1. The molecule has 0 amide bonds. The molecule has 1 aromatic rings. The van der Waals surface area contributed by atoms with Crippen LogP contribution in [0.1, 0.15) is 12.0 Å². The predicted molar refractivity (Wildman–Crippen MR) is 95.2 cm³/mol. The third-order valence-corrected chi connectivity index (χ3v) is 4.82. The maximum Gasteiger partial charge on any atom is 0.107 e. The van der Waals surface area contributed by atoms with Gasteiger partial charge >= 0.3 is 0 Å². The zero-order chi connectivity index (χ0) is 14.0. The third-order valence-electron chi connectivity index (χ3n) is 4.82. The Bertz CT molecular complexity index is 440. The van der Waals surface area contributed by atoms with Gasteiger partial charge in [0.25, 0.3) is 0 Å². The van der Waals surface area contributed by atoms with E-state index in [1.165, 1.54) is 0 Å². The van der Waals surface area contributed by atoms with Crippen molar-refractivity contribution < 1.29 is 5.11 Å². The molecule has 126 valence electrons. The molecule has 1 aromatic carbocycles. The van der Waals surface area contributed by atoms with E-state index < -0.39 is 5.60 Å². The van der Waals surface area contributed by atoms with E-state index >= 15 is 0 Å². The molecule has 0 aromatic heterocycles. The van der Waals surface area contributed by atoms with Crippen LogP contribution >= 0.6 is 24.8 Å². The van der Waals surface area contributed by atoms with Gasteiger partial charge in [-0.25, -0.2) is 0 Å². The maximum absolute atomic E-state index is 11.3. The Morgan fingerprint density at radius 2 is 1.73 bits per heavy atom. The molecule has 0 spiro atoms. The first-order valence-electron chi connectivity index (χ1n) is 7.61. The summed E-state index contributed by atoms with van der Waals surface area (Å²) >= 11 is 0. The Kier molecular flexibility index (Phi) is 7.59. The normalized spacial score (nSPS) is 30.2. The monoisotopic (exact) mass is 347 g/mol. The summed E-state index contributed by atoms with van der Waals surface area (Å²) in [5, 5.41) is 14.8. The second-order valence-electron chi connectivity index (χ2n) is 6.10. The zero-order valence-corrected chi connectivity index (χ0v) is 14.7. The third kappa shape index (κ3) is 3.94. The van der Waals surface area contributed by atoms with Crippen molar-refractivity contribution in [2.75, 3.05) is 46.3 Å². The van der Waals surface area contributed by atoms with E-state index in [4.69, 9.17) is 0 Å². The van der Waals surface area contributed by atoms with Gasteiger partial charge in [-0.15, -0.1) is 24.8 Å². The summed E-state index contributed by atoms with van der Waals surface area (Å²) in [6.07, 6.45) is 0.786. The van der Waals surface area contributed by atoms with Gasteiger partial charge in [0.2, 0.25) is 0 Å². The van der Waals surface area contributed by atoms with E-state index in [9.17, 15) is 5.11 Å². The molecule has 0 bridgehead atoms. The van der Waals surface area contributed by atoms with Crippen LogP contribution < -0.4 is 5.32 Å². The quantitative estimate of drug-likeness (QED) is 0.846. The number of hydrogen-bond donors (Lipinski definition) is 2. The second kappa shape index (κ2) is 8.48. The molecule has 0 aliphatic carbocycles. The summed E-state index contributed by atoms with van der Waals surface area (Å²) in [5.41, 5.74) is 0.341. The number of hydrogen-bond acceptors (Lipinski definition) is 4. The minimum Gasteiger partial charge on any atom is -0.383 e. The molecule has 2 saturated heterocycles. The fraction of sp³-hybridized carbons (Fsp3) is 0.625. The molecule has 0 radical (unpaired) electrons. The number of nitrogens with zero attached hydrogens (tertiary/aromatic N) is 2. The van der Waals surface area contributed by atoms with Crippen molar-refractivity contribution in [2.45, 2.75) is 18.1 Å². The van der Waals surface area contributed by atoms with Crippen LogP contribution in [0.2, 0.25) is 0 Å². The lowest BCUT2D eigenvalue weighted by Crippen LogP contribution is -2.63. The highest BCUT2D eigenvalue weighted by Gasteiger charge is 2.43. The van der Waals surface area contributed by atoms with Gasteiger partial charge in [-0.2, -0.15) is 0 Å². The molecule has 0 unspecified atom stereocenters. The zero-order valence-electron chi connectivity index (χ0n) is 13.1.